The first-order valence-corrected chi connectivity index (χ1v) is 9.53. The molecule has 2 aliphatic rings. The predicted molar refractivity (Wildman–Crippen MR) is 83.0 cm³/mol. The number of sulfone groups is 1. The molecule has 0 radical (unpaired) electrons. The van der Waals surface area contributed by atoms with E-state index >= 15 is 0 Å². The van der Waals surface area contributed by atoms with Gasteiger partial charge in [0.15, 0.2) is 9.84 Å². The van der Waals surface area contributed by atoms with Gasteiger partial charge in [-0.2, -0.15) is 0 Å². The molecule has 122 valence electrons. The van der Waals surface area contributed by atoms with Gasteiger partial charge in [-0.1, -0.05) is 5.16 Å². The van der Waals surface area contributed by atoms with Crippen LogP contribution in [0.4, 0.5) is 0 Å². The highest BCUT2D eigenvalue weighted by Gasteiger charge is 2.32. The Balaban J connectivity index is 1.69. The third-order valence-corrected chi connectivity index (χ3v) is 6.21. The summed E-state index contributed by atoms with van der Waals surface area (Å²) in [5, 5.41) is 7.34. The van der Waals surface area contributed by atoms with Crippen LogP contribution in [0.15, 0.2) is 10.6 Å². The Hall–Kier alpha value is -1.96. The minimum absolute atomic E-state index is 0.00503. The lowest BCUT2D eigenvalue weighted by Crippen LogP contribution is -2.35. The highest BCUT2D eigenvalue weighted by molar-refractivity contribution is 7.91. The Morgan fingerprint density at radius 3 is 2.78 bits per heavy atom. The number of hydrogen-bond acceptors (Lipinski definition) is 6. The van der Waals surface area contributed by atoms with E-state index in [9.17, 15) is 13.2 Å². The van der Waals surface area contributed by atoms with Crippen molar-refractivity contribution in [3.63, 3.8) is 0 Å². The molecule has 4 rings (SSSR count). The number of aromatic nitrogens is 2. The molecular formula is C15H17N3O4S. The number of rotatable bonds is 3. The van der Waals surface area contributed by atoms with Gasteiger partial charge in [0.25, 0.3) is 11.6 Å². The van der Waals surface area contributed by atoms with E-state index in [1.54, 1.807) is 13.0 Å². The number of carbonyl (C=O) groups is 1. The molecule has 0 bridgehead atoms. The maximum absolute atomic E-state index is 12.7. The molecule has 1 aliphatic carbocycles. The Labute approximate surface area is 133 Å². The van der Waals surface area contributed by atoms with Gasteiger partial charge < -0.3 is 9.84 Å². The summed E-state index contributed by atoms with van der Waals surface area (Å²) in [4.78, 5) is 17.1. The first-order chi connectivity index (χ1) is 10.9. The van der Waals surface area contributed by atoms with Crippen molar-refractivity contribution in [1.29, 1.82) is 0 Å². The molecule has 7 nitrogen and oxygen atoms in total. The number of nitrogens with zero attached hydrogens (tertiary/aromatic N) is 2. The Morgan fingerprint density at radius 2 is 2.13 bits per heavy atom. The van der Waals surface area contributed by atoms with E-state index in [1.165, 1.54) is 0 Å². The van der Waals surface area contributed by atoms with E-state index < -0.39 is 9.84 Å². The number of amides is 1. The molecule has 1 amide bonds. The van der Waals surface area contributed by atoms with Crippen LogP contribution in [0.1, 0.15) is 46.9 Å². The molecule has 2 aromatic rings. The lowest BCUT2D eigenvalue weighted by molar-refractivity contribution is 0.0942. The van der Waals surface area contributed by atoms with Crippen LogP contribution in [-0.4, -0.2) is 42.0 Å². The summed E-state index contributed by atoms with van der Waals surface area (Å²) in [6.45, 7) is 1.76. The Morgan fingerprint density at radius 1 is 1.35 bits per heavy atom. The van der Waals surface area contributed by atoms with Gasteiger partial charge in [0.2, 0.25) is 0 Å². The van der Waals surface area contributed by atoms with Crippen LogP contribution in [0.5, 0.6) is 0 Å². The van der Waals surface area contributed by atoms with Gasteiger partial charge in [0.05, 0.1) is 28.1 Å². The Kier molecular flexibility index (Phi) is 3.19. The number of aryl methyl sites for hydroxylation is 1. The zero-order chi connectivity index (χ0) is 16.2. The molecule has 1 saturated carbocycles. The van der Waals surface area contributed by atoms with Crippen molar-refractivity contribution in [2.24, 2.45) is 0 Å². The predicted octanol–water partition coefficient (Wildman–Crippen LogP) is 1.33. The first-order valence-electron chi connectivity index (χ1n) is 7.71. The summed E-state index contributed by atoms with van der Waals surface area (Å²) in [5.74, 6) is 0.227. The Bertz CT molecular complexity index is 899. The third-order valence-electron chi connectivity index (χ3n) is 4.44. The molecule has 3 heterocycles. The monoisotopic (exact) mass is 335 g/mol. The van der Waals surface area contributed by atoms with E-state index in [1.807, 2.05) is 0 Å². The van der Waals surface area contributed by atoms with Crippen LogP contribution in [-0.2, 0) is 9.84 Å². The summed E-state index contributed by atoms with van der Waals surface area (Å²) in [6.07, 6.45) is 2.58. The second-order valence-corrected chi connectivity index (χ2v) is 8.62. The molecule has 23 heavy (non-hydrogen) atoms. The fraction of sp³-hybridized carbons (Fsp3) is 0.533. The van der Waals surface area contributed by atoms with Gasteiger partial charge in [-0.05, 0) is 32.3 Å². The van der Waals surface area contributed by atoms with Crippen LogP contribution in [0.3, 0.4) is 0 Å². The van der Waals surface area contributed by atoms with Crippen molar-refractivity contribution >= 4 is 26.8 Å². The van der Waals surface area contributed by atoms with E-state index in [0.29, 0.717) is 34.7 Å². The van der Waals surface area contributed by atoms with Crippen LogP contribution in [0.2, 0.25) is 0 Å². The van der Waals surface area contributed by atoms with Gasteiger partial charge >= 0.3 is 0 Å². The number of pyridine rings is 1. The molecule has 1 saturated heterocycles. The van der Waals surface area contributed by atoms with Crippen LogP contribution in [0.25, 0.3) is 11.1 Å². The van der Waals surface area contributed by atoms with Gasteiger partial charge in [-0.3, -0.25) is 4.79 Å². The molecule has 2 fully saturated rings. The second-order valence-electron chi connectivity index (χ2n) is 6.39. The van der Waals surface area contributed by atoms with Crippen molar-refractivity contribution in [2.45, 2.75) is 38.1 Å². The number of nitrogens with one attached hydrogen (secondary N) is 1. The van der Waals surface area contributed by atoms with Gasteiger partial charge in [-0.15, -0.1) is 0 Å². The molecule has 0 spiro atoms. The minimum atomic E-state index is -3.03. The van der Waals surface area contributed by atoms with E-state index in [4.69, 9.17) is 4.52 Å². The smallest absolute Gasteiger partial charge is 0.259 e. The fourth-order valence-electron chi connectivity index (χ4n) is 3.05. The average Bonchev–Trinajstić information content (AvgIpc) is 3.21. The number of carbonyl (C=O) groups excluding carboxylic acids is 1. The lowest BCUT2D eigenvalue weighted by Gasteiger charge is -2.12. The third kappa shape index (κ3) is 2.71. The topological polar surface area (TPSA) is 102 Å². The highest BCUT2D eigenvalue weighted by atomic mass is 32.2. The van der Waals surface area contributed by atoms with Crippen molar-refractivity contribution in [2.75, 3.05) is 11.5 Å². The van der Waals surface area contributed by atoms with Crippen LogP contribution >= 0.6 is 0 Å². The zero-order valence-corrected chi connectivity index (χ0v) is 13.5. The SMILES string of the molecule is Cc1noc2nc(C3CC3)cc(C(=O)NC3CCS(=O)(=O)C3)c12. The van der Waals surface area contributed by atoms with Crippen molar-refractivity contribution < 1.29 is 17.7 Å². The maximum atomic E-state index is 12.7. The highest BCUT2D eigenvalue weighted by Crippen LogP contribution is 2.40. The molecule has 2 aromatic heterocycles. The molecule has 1 unspecified atom stereocenters. The minimum Gasteiger partial charge on any atom is -0.348 e. The number of hydrogen-bond donors (Lipinski definition) is 1. The van der Waals surface area contributed by atoms with Crippen LogP contribution in [0, 0.1) is 6.92 Å². The fourth-order valence-corrected chi connectivity index (χ4v) is 4.73. The molecule has 1 aliphatic heterocycles. The van der Waals surface area contributed by atoms with Crippen molar-refractivity contribution in [1.82, 2.24) is 15.5 Å². The van der Waals surface area contributed by atoms with Gasteiger partial charge in [-0.25, -0.2) is 13.4 Å². The normalized spacial score (nSPS) is 23.3. The van der Waals surface area contributed by atoms with Crippen molar-refractivity contribution in [3.8, 4) is 0 Å². The summed E-state index contributed by atoms with van der Waals surface area (Å²) in [7, 11) is -3.03. The first kappa shape index (κ1) is 14.6. The lowest BCUT2D eigenvalue weighted by atomic mass is 10.1. The molecule has 1 atom stereocenters. The summed E-state index contributed by atoms with van der Waals surface area (Å²) < 4.78 is 28.3. The van der Waals surface area contributed by atoms with Crippen molar-refractivity contribution in [3.05, 3.63) is 23.0 Å². The van der Waals surface area contributed by atoms with Gasteiger partial charge in [0, 0.05) is 17.7 Å². The maximum Gasteiger partial charge on any atom is 0.259 e. The molecule has 8 heteroatoms. The quantitative estimate of drug-likeness (QED) is 0.908. The zero-order valence-electron chi connectivity index (χ0n) is 12.7. The largest absolute Gasteiger partial charge is 0.348 e. The second kappa shape index (κ2) is 5.02. The number of fused-ring (bicyclic) bond motifs is 1. The standard InChI is InChI=1S/C15H17N3O4S/c1-8-13-11(14(19)16-10-4-5-23(20,21)7-10)6-12(9-2-3-9)17-15(13)22-18-8/h6,9-10H,2-5,7H2,1H3,(H,16,19). The molecule has 1 N–H and O–H groups in total. The molecular weight excluding hydrogens is 318 g/mol. The molecule has 0 aromatic carbocycles. The summed E-state index contributed by atoms with van der Waals surface area (Å²) in [5.41, 5.74) is 2.30. The van der Waals surface area contributed by atoms with E-state index in [0.717, 1.165) is 18.5 Å². The van der Waals surface area contributed by atoms with E-state index in [2.05, 4.69) is 15.5 Å². The summed E-state index contributed by atoms with van der Waals surface area (Å²) >= 11 is 0. The summed E-state index contributed by atoms with van der Waals surface area (Å²) in [6, 6.07) is 1.46. The average molecular weight is 335 g/mol. The van der Waals surface area contributed by atoms with Gasteiger partial charge in [0.1, 0.15) is 0 Å². The van der Waals surface area contributed by atoms with E-state index in [-0.39, 0.29) is 23.5 Å². The van der Waals surface area contributed by atoms with Crippen LogP contribution < -0.4 is 5.32 Å².